The minimum atomic E-state index is -1.05. The molecule has 1 unspecified atom stereocenters. The quantitative estimate of drug-likeness (QED) is 0.550. The predicted octanol–water partition coefficient (Wildman–Crippen LogP) is 0.701. The maximum Gasteiger partial charge on any atom is 0.320 e. The fourth-order valence-electron chi connectivity index (χ4n) is 1.07. The third-order valence-electron chi connectivity index (χ3n) is 1.84. The second-order valence-electron chi connectivity index (χ2n) is 2.96. The van der Waals surface area contributed by atoms with Gasteiger partial charge in [-0.1, -0.05) is 12.1 Å². The summed E-state index contributed by atoms with van der Waals surface area (Å²) in [6, 6.07) is 5.37. The molecule has 6 nitrogen and oxygen atoms in total. The molecule has 0 radical (unpaired) electrons. The van der Waals surface area contributed by atoms with Crippen LogP contribution < -0.4 is 10.6 Å². The van der Waals surface area contributed by atoms with Crippen LogP contribution in [-0.2, 0) is 11.2 Å². The van der Waals surface area contributed by atoms with Crippen molar-refractivity contribution in [2.24, 2.45) is 11.1 Å². The zero-order chi connectivity index (χ0) is 11.3. The molecule has 1 aromatic rings. The summed E-state index contributed by atoms with van der Waals surface area (Å²) in [5, 5.41) is 10.8. The van der Waals surface area contributed by atoms with Crippen LogP contribution in [0.1, 0.15) is 5.56 Å². The van der Waals surface area contributed by atoms with E-state index in [1.807, 2.05) is 0 Å². The molecule has 0 heterocycles. The van der Waals surface area contributed by atoms with Crippen LogP contribution in [0.3, 0.4) is 0 Å². The Balaban J connectivity index is 2.64. The lowest BCUT2D eigenvalue weighted by molar-refractivity contribution is -0.138. The molecule has 6 heteroatoms. The summed E-state index contributed by atoms with van der Waals surface area (Å²) >= 11 is 0. The Morgan fingerprint density at radius 3 is 2.53 bits per heavy atom. The van der Waals surface area contributed by atoms with Gasteiger partial charge in [0.25, 0.3) is 0 Å². The van der Waals surface area contributed by atoms with Gasteiger partial charge in [-0.3, -0.25) is 4.79 Å². The number of hydrogen-bond donors (Lipinski definition) is 2. The highest BCUT2D eigenvalue weighted by Gasteiger charge is 2.11. The van der Waals surface area contributed by atoms with Gasteiger partial charge in [-0.15, -0.1) is 4.91 Å². The Labute approximate surface area is 85.6 Å². The zero-order valence-corrected chi connectivity index (χ0v) is 7.79. The maximum absolute atomic E-state index is 10.5. The molecule has 80 valence electrons. The van der Waals surface area contributed by atoms with E-state index in [1.54, 1.807) is 12.1 Å². The van der Waals surface area contributed by atoms with Crippen LogP contribution in [0, 0.1) is 4.91 Å². The van der Waals surface area contributed by atoms with Gasteiger partial charge in [-0.2, -0.15) is 0 Å². The number of nitrogens with two attached hydrogens (primary N) is 1. The summed E-state index contributed by atoms with van der Waals surface area (Å²) in [5.41, 5.74) is 6.10. The number of hydrogen-bond acceptors (Lipinski definition) is 5. The summed E-state index contributed by atoms with van der Waals surface area (Å²) in [4.78, 5) is 24.6. The van der Waals surface area contributed by atoms with Crippen LogP contribution in [0.5, 0.6) is 5.75 Å². The summed E-state index contributed by atoms with van der Waals surface area (Å²) in [6.07, 6.45) is 0.226. The third kappa shape index (κ3) is 3.35. The highest BCUT2D eigenvalue weighted by Crippen LogP contribution is 2.13. The molecule has 0 fully saturated rings. The second kappa shape index (κ2) is 5.06. The predicted molar refractivity (Wildman–Crippen MR) is 52.2 cm³/mol. The molecule has 0 aliphatic heterocycles. The molecule has 0 saturated carbocycles. The Morgan fingerprint density at radius 2 is 2.07 bits per heavy atom. The van der Waals surface area contributed by atoms with Crippen LogP contribution in [0.15, 0.2) is 29.6 Å². The summed E-state index contributed by atoms with van der Waals surface area (Å²) < 4.78 is 0. The topological polar surface area (TPSA) is 102 Å². The fourth-order valence-corrected chi connectivity index (χ4v) is 1.07. The van der Waals surface area contributed by atoms with E-state index in [4.69, 9.17) is 10.8 Å². The average Bonchev–Trinajstić information content (AvgIpc) is 2.21. The van der Waals surface area contributed by atoms with Crippen molar-refractivity contribution in [1.82, 2.24) is 0 Å². The molecule has 0 amide bonds. The monoisotopic (exact) mass is 210 g/mol. The number of carboxylic acids is 1. The van der Waals surface area contributed by atoms with Gasteiger partial charge in [0.15, 0.2) is 11.1 Å². The van der Waals surface area contributed by atoms with Gasteiger partial charge in [0.2, 0.25) is 0 Å². The molecule has 1 aromatic carbocycles. The molecule has 0 aliphatic rings. The molecular weight excluding hydrogens is 200 g/mol. The summed E-state index contributed by atoms with van der Waals surface area (Å²) in [5.74, 6) is -0.748. The van der Waals surface area contributed by atoms with Crippen LogP contribution >= 0.6 is 0 Å². The fraction of sp³-hybridized carbons (Fsp3) is 0.222. The summed E-state index contributed by atoms with van der Waals surface area (Å²) in [7, 11) is 0. The van der Waals surface area contributed by atoms with Crippen LogP contribution in [-0.4, -0.2) is 17.1 Å². The van der Waals surface area contributed by atoms with E-state index < -0.39 is 12.0 Å². The van der Waals surface area contributed by atoms with Gasteiger partial charge in [0, 0.05) is 0 Å². The normalized spacial score (nSPS) is 11.8. The van der Waals surface area contributed by atoms with E-state index in [1.165, 1.54) is 12.1 Å². The van der Waals surface area contributed by atoms with E-state index in [9.17, 15) is 9.70 Å². The lowest BCUT2D eigenvalue weighted by atomic mass is 10.1. The van der Waals surface area contributed by atoms with Gasteiger partial charge in [-0.05, 0) is 24.1 Å². The Morgan fingerprint density at radius 1 is 1.47 bits per heavy atom. The van der Waals surface area contributed by atoms with Crippen molar-refractivity contribution in [3.8, 4) is 5.75 Å². The van der Waals surface area contributed by atoms with Crippen LogP contribution in [0.4, 0.5) is 0 Å². The number of carbonyl (C=O) groups is 1. The number of rotatable bonds is 5. The van der Waals surface area contributed by atoms with Crippen molar-refractivity contribution >= 4 is 5.97 Å². The Hall–Kier alpha value is -1.95. The van der Waals surface area contributed by atoms with Gasteiger partial charge in [0.05, 0.1) is 0 Å². The molecular formula is C9H10N2O4. The van der Waals surface area contributed by atoms with E-state index in [-0.39, 0.29) is 6.42 Å². The Kier molecular flexibility index (Phi) is 3.75. The van der Waals surface area contributed by atoms with Crippen LogP contribution in [0.2, 0.25) is 0 Å². The Bertz CT molecular complexity index is 350. The van der Waals surface area contributed by atoms with E-state index >= 15 is 0 Å². The van der Waals surface area contributed by atoms with Crippen molar-refractivity contribution in [3.05, 3.63) is 34.7 Å². The number of aliphatic carboxylic acids is 1. The third-order valence-corrected chi connectivity index (χ3v) is 1.84. The highest BCUT2D eigenvalue weighted by molar-refractivity contribution is 5.73. The molecule has 15 heavy (non-hydrogen) atoms. The minimum Gasteiger partial charge on any atom is -0.480 e. The van der Waals surface area contributed by atoms with Crippen molar-refractivity contribution in [2.45, 2.75) is 12.5 Å². The van der Waals surface area contributed by atoms with E-state index in [2.05, 4.69) is 10.2 Å². The maximum atomic E-state index is 10.5. The standard InChI is InChI=1S/C9H10N2O4/c10-8(9(12)13)5-6-1-3-7(4-2-6)15-11-14/h1-4,8H,5,10H2,(H,12,13). The van der Waals surface area contributed by atoms with Crippen molar-refractivity contribution < 1.29 is 14.7 Å². The van der Waals surface area contributed by atoms with Crippen molar-refractivity contribution in [1.29, 1.82) is 0 Å². The number of benzene rings is 1. The first-order valence-electron chi connectivity index (χ1n) is 4.20. The van der Waals surface area contributed by atoms with E-state index in [0.717, 1.165) is 5.56 Å². The smallest absolute Gasteiger partial charge is 0.320 e. The molecule has 0 aromatic heterocycles. The van der Waals surface area contributed by atoms with Crippen LogP contribution in [0.25, 0.3) is 0 Å². The van der Waals surface area contributed by atoms with Gasteiger partial charge >= 0.3 is 5.97 Å². The van der Waals surface area contributed by atoms with Gasteiger partial charge in [-0.25, -0.2) is 0 Å². The first kappa shape index (κ1) is 11.1. The first-order chi connectivity index (χ1) is 7.13. The van der Waals surface area contributed by atoms with E-state index in [0.29, 0.717) is 5.75 Å². The molecule has 0 aliphatic carbocycles. The van der Waals surface area contributed by atoms with Gasteiger partial charge in [0.1, 0.15) is 6.04 Å². The first-order valence-corrected chi connectivity index (χ1v) is 4.20. The summed E-state index contributed by atoms with van der Waals surface area (Å²) in [6.45, 7) is 0. The average molecular weight is 210 g/mol. The zero-order valence-electron chi connectivity index (χ0n) is 7.79. The minimum absolute atomic E-state index is 0.226. The molecule has 1 rings (SSSR count). The molecule has 0 saturated heterocycles. The largest absolute Gasteiger partial charge is 0.480 e. The lowest BCUT2D eigenvalue weighted by Gasteiger charge is -2.06. The number of carboxylic acid groups (broad SMARTS) is 1. The molecule has 0 bridgehead atoms. The SMILES string of the molecule is NC(Cc1ccc(ON=O)cc1)C(=O)O. The molecule has 0 spiro atoms. The lowest BCUT2D eigenvalue weighted by Crippen LogP contribution is -2.32. The number of nitrogens with zero attached hydrogens (tertiary/aromatic N) is 1. The van der Waals surface area contributed by atoms with Gasteiger partial charge < -0.3 is 15.7 Å². The molecule has 1 atom stereocenters. The highest BCUT2D eigenvalue weighted by atomic mass is 16.7. The second-order valence-corrected chi connectivity index (χ2v) is 2.96. The van der Waals surface area contributed by atoms with Crippen molar-refractivity contribution in [2.75, 3.05) is 0 Å². The molecule has 3 N–H and O–H groups in total. The van der Waals surface area contributed by atoms with Crippen molar-refractivity contribution in [3.63, 3.8) is 0 Å².